The number of nitrogens with two attached hydrogens (primary N) is 1. The second-order valence-electron chi connectivity index (χ2n) is 6.16. The number of hydrogen-bond acceptors (Lipinski definition) is 4. The van der Waals surface area contributed by atoms with Crippen molar-refractivity contribution in [2.75, 3.05) is 0 Å². The van der Waals surface area contributed by atoms with Crippen LogP contribution in [0.1, 0.15) is 42.0 Å². The normalized spacial score (nSPS) is 17.8. The van der Waals surface area contributed by atoms with Crippen LogP contribution in [-0.4, -0.2) is 22.7 Å². The van der Waals surface area contributed by atoms with E-state index in [1.807, 2.05) is 31.2 Å². The standard InChI is InChI=1S/C18H19N3O3/c1-10-14(13-5-7-17(23)21-18(13)24)9-12-4-2-11(3-6-16(19)22)8-15(12)20-10/h2,4,8-9,13H,3,5-7H2,1H3,(H2,19,22)(H,21,23,24). The fourth-order valence-electron chi connectivity index (χ4n) is 3.09. The summed E-state index contributed by atoms with van der Waals surface area (Å²) in [5, 5.41) is 3.32. The van der Waals surface area contributed by atoms with Crippen LogP contribution in [-0.2, 0) is 20.8 Å². The zero-order valence-electron chi connectivity index (χ0n) is 13.5. The first-order chi connectivity index (χ1) is 11.4. The van der Waals surface area contributed by atoms with Crippen LogP contribution in [0, 0.1) is 6.92 Å². The highest BCUT2D eigenvalue weighted by atomic mass is 16.2. The Hall–Kier alpha value is -2.76. The summed E-state index contributed by atoms with van der Waals surface area (Å²) in [7, 11) is 0. The smallest absolute Gasteiger partial charge is 0.234 e. The van der Waals surface area contributed by atoms with Gasteiger partial charge >= 0.3 is 0 Å². The number of pyridine rings is 1. The number of aryl methyl sites for hydroxylation is 2. The molecule has 1 aliphatic heterocycles. The van der Waals surface area contributed by atoms with Crippen LogP contribution in [0.2, 0.25) is 0 Å². The molecule has 0 bridgehead atoms. The van der Waals surface area contributed by atoms with Gasteiger partial charge in [-0.2, -0.15) is 0 Å². The van der Waals surface area contributed by atoms with Gasteiger partial charge in [0.25, 0.3) is 0 Å². The summed E-state index contributed by atoms with van der Waals surface area (Å²) in [4.78, 5) is 38.9. The maximum atomic E-state index is 12.1. The summed E-state index contributed by atoms with van der Waals surface area (Å²) >= 11 is 0. The Morgan fingerprint density at radius 1 is 1.33 bits per heavy atom. The number of imide groups is 1. The highest BCUT2D eigenvalue weighted by Crippen LogP contribution is 2.29. The molecule has 0 radical (unpaired) electrons. The van der Waals surface area contributed by atoms with E-state index in [0.717, 1.165) is 27.7 Å². The fraction of sp³-hybridized carbons (Fsp3) is 0.333. The van der Waals surface area contributed by atoms with E-state index in [-0.39, 0.29) is 23.6 Å². The molecule has 24 heavy (non-hydrogen) atoms. The summed E-state index contributed by atoms with van der Waals surface area (Å²) in [5.41, 5.74) is 8.65. The summed E-state index contributed by atoms with van der Waals surface area (Å²) < 4.78 is 0. The van der Waals surface area contributed by atoms with Crippen LogP contribution in [0.15, 0.2) is 24.3 Å². The van der Waals surface area contributed by atoms with Crippen LogP contribution in [0.25, 0.3) is 10.9 Å². The quantitative estimate of drug-likeness (QED) is 0.831. The third kappa shape index (κ3) is 3.27. The molecule has 0 spiro atoms. The van der Waals surface area contributed by atoms with Crippen LogP contribution >= 0.6 is 0 Å². The minimum absolute atomic E-state index is 0.221. The molecule has 1 fully saturated rings. The highest BCUT2D eigenvalue weighted by Gasteiger charge is 2.29. The van der Waals surface area contributed by atoms with E-state index in [0.29, 0.717) is 25.7 Å². The molecule has 6 heteroatoms. The molecule has 1 aromatic carbocycles. The SMILES string of the molecule is Cc1nc2cc(CCC(N)=O)ccc2cc1C1CCC(=O)NC1=O. The lowest BCUT2D eigenvalue weighted by Gasteiger charge is -2.22. The predicted octanol–water partition coefficient (Wildman–Crippen LogP) is 1.48. The Morgan fingerprint density at radius 3 is 2.83 bits per heavy atom. The van der Waals surface area contributed by atoms with Gasteiger partial charge in [-0.1, -0.05) is 12.1 Å². The Bertz CT molecular complexity index is 845. The summed E-state index contributed by atoms with van der Waals surface area (Å²) in [6, 6.07) is 7.79. The monoisotopic (exact) mass is 325 g/mol. The first-order valence-electron chi connectivity index (χ1n) is 7.96. The molecule has 2 heterocycles. The second kappa shape index (κ2) is 6.39. The van der Waals surface area contributed by atoms with Crippen molar-refractivity contribution in [1.82, 2.24) is 10.3 Å². The Kier molecular flexibility index (Phi) is 4.29. The molecule has 2 aromatic rings. The molecule has 1 aromatic heterocycles. The summed E-state index contributed by atoms with van der Waals surface area (Å²) in [6.07, 6.45) is 1.75. The maximum absolute atomic E-state index is 12.1. The van der Waals surface area contributed by atoms with Crippen molar-refractivity contribution in [3.05, 3.63) is 41.1 Å². The van der Waals surface area contributed by atoms with E-state index in [1.165, 1.54) is 0 Å². The minimum Gasteiger partial charge on any atom is -0.370 e. The number of nitrogens with zero attached hydrogens (tertiary/aromatic N) is 1. The first kappa shape index (κ1) is 16.1. The van der Waals surface area contributed by atoms with E-state index < -0.39 is 0 Å². The second-order valence-corrected chi connectivity index (χ2v) is 6.16. The Morgan fingerprint density at radius 2 is 2.12 bits per heavy atom. The largest absolute Gasteiger partial charge is 0.370 e. The number of hydrogen-bond donors (Lipinski definition) is 2. The molecule has 1 atom stereocenters. The molecular formula is C18H19N3O3. The van der Waals surface area contributed by atoms with Crippen molar-refractivity contribution in [1.29, 1.82) is 0 Å². The van der Waals surface area contributed by atoms with E-state index in [4.69, 9.17) is 5.73 Å². The number of piperidine rings is 1. The van der Waals surface area contributed by atoms with Crippen molar-refractivity contribution in [3.63, 3.8) is 0 Å². The van der Waals surface area contributed by atoms with E-state index >= 15 is 0 Å². The number of primary amides is 1. The van der Waals surface area contributed by atoms with Crippen LogP contribution in [0.3, 0.4) is 0 Å². The fourth-order valence-corrected chi connectivity index (χ4v) is 3.09. The molecular weight excluding hydrogens is 306 g/mol. The van der Waals surface area contributed by atoms with Gasteiger partial charge in [-0.15, -0.1) is 0 Å². The number of fused-ring (bicyclic) bond motifs is 1. The minimum atomic E-state index is -0.339. The van der Waals surface area contributed by atoms with Gasteiger partial charge < -0.3 is 5.73 Å². The van der Waals surface area contributed by atoms with Gasteiger partial charge in [0.15, 0.2) is 0 Å². The van der Waals surface area contributed by atoms with Crippen LogP contribution in [0.5, 0.6) is 0 Å². The van der Waals surface area contributed by atoms with Gasteiger partial charge in [0.05, 0.1) is 11.4 Å². The molecule has 1 saturated heterocycles. The van der Waals surface area contributed by atoms with E-state index in [9.17, 15) is 14.4 Å². The maximum Gasteiger partial charge on any atom is 0.234 e. The number of carbonyl (C=O) groups is 3. The lowest BCUT2D eigenvalue weighted by molar-refractivity contribution is -0.134. The third-order valence-electron chi connectivity index (χ3n) is 4.39. The molecule has 1 unspecified atom stereocenters. The first-order valence-corrected chi connectivity index (χ1v) is 7.96. The highest BCUT2D eigenvalue weighted by molar-refractivity contribution is 6.01. The molecule has 6 nitrogen and oxygen atoms in total. The number of benzene rings is 1. The number of carbonyl (C=O) groups excluding carboxylic acids is 3. The van der Waals surface area contributed by atoms with Crippen molar-refractivity contribution in [2.24, 2.45) is 5.73 Å². The van der Waals surface area contributed by atoms with Crippen LogP contribution in [0.4, 0.5) is 0 Å². The molecule has 3 N–H and O–H groups in total. The lowest BCUT2D eigenvalue weighted by atomic mass is 9.88. The zero-order valence-corrected chi connectivity index (χ0v) is 13.5. The topological polar surface area (TPSA) is 102 Å². The molecule has 3 amide bonds. The Balaban J connectivity index is 1.93. The van der Waals surface area contributed by atoms with Crippen molar-refractivity contribution < 1.29 is 14.4 Å². The number of amides is 3. The average Bonchev–Trinajstić information content (AvgIpc) is 2.52. The van der Waals surface area contributed by atoms with Gasteiger partial charge in [-0.3, -0.25) is 24.7 Å². The van der Waals surface area contributed by atoms with Crippen molar-refractivity contribution >= 4 is 28.6 Å². The van der Waals surface area contributed by atoms with Gasteiger partial charge in [0.1, 0.15) is 0 Å². The average molecular weight is 325 g/mol. The number of rotatable bonds is 4. The van der Waals surface area contributed by atoms with E-state index in [1.54, 1.807) is 0 Å². The van der Waals surface area contributed by atoms with Gasteiger partial charge in [0.2, 0.25) is 17.7 Å². The van der Waals surface area contributed by atoms with Gasteiger partial charge in [-0.25, -0.2) is 0 Å². The number of nitrogens with one attached hydrogen (secondary N) is 1. The molecule has 124 valence electrons. The molecule has 0 aliphatic carbocycles. The summed E-state index contributed by atoms with van der Waals surface area (Å²) in [6.45, 7) is 1.87. The molecule has 0 saturated carbocycles. The zero-order chi connectivity index (χ0) is 17.3. The number of aromatic nitrogens is 1. The Labute approximate surface area is 139 Å². The van der Waals surface area contributed by atoms with Crippen molar-refractivity contribution in [3.8, 4) is 0 Å². The van der Waals surface area contributed by atoms with Crippen molar-refractivity contribution in [2.45, 2.75) is 38.5 Å². The van der Waals surface area contributed by atoms with Gasteiger partial charge in [-0.05, 0) is 43.0 Å². The summed E-state index contributed by atoms with van der Waals surface area (Å²) in [5.74, 6) is -1.14. The van der Waals surface area contributed by atoms with E-state index in [2.05, 4.69) is 10.3 Å². The van der Waals surface area contributed by atoms with Crippen LogP contribution < -0.4 is 11.1 Å². The molecule has 3 rings (SSSR count). The predicted molar refractivity (Wildman–Crippen MR) is 89.1 cm³/mol. The van der Waals surface area contributed by atoms with Gasteiger partial charge in [0, 0.05) is 23.9 Å². The molecule has 1 aliphatic rings. The third-order valence-corrected chi connectivity index (χ3v) is 4.39. The lowest BCUT2D eigenvalue weighted by Crippen LogP contribution is -2.39.